The Kier molecular flexibility index (Phi) is 6.29. The quantitative estimate of drug-likeness (QED) is 0.529. The van der Waals surface area contributed by atoms with E-state index >= 15 is 0 Å². The molecule has 0 saturated heterocycles. The number of carboxylic acid groups (broad SMARTS) is 1. The van der Waals surface area contributed by atoms with E-state index in [1.54, 1.807) is 30.3 Å². The molecule has 0 aliphatic rings. The van der Waals surface area contributed by atoms with E-state index in [0.717, 1.165) is 12.1 Å². The van der Waals surface area contributed by atoms with Crippen molar-refractivity contribution in [3.05, 3.63) is 82.6 Å². The lowest BCUT2D eigenvalue weighted by molar-refractivity contribution is -0.139. The minimum atomic E-state index is -1.29. The van der Waals surface area contributed by atoms with Gasteiger partial charge in [-0.2, -0.15) is 0 Å². The molecule has 3 aromatic carbocycles. The SMILES string of the molecule is O=C(O)COc1ccc(F)c(NCc2cc(-c3cccc(F)c3)ccc2Cl)c1F. The van der Waals surface area contributed by atoms with Crippen LogP contribution in [-0.4, -0.2) is 17.7 Å². The number of halogens is 4. The fourth-order valence-corrected chi connectivity index (χ4v) is 2.87. The zero-order valence-electron chi connectivity index (χ0n) is 14.9. The molecule has 3 rings (SSSR count). The maximum Gasteiger partial charge on any atom is 0.341 e. The molecule has 0 aromatic heterocycles. The summed E-state index contributed by atoms with van der Waals surface area (Å²) in [5.41, 5.74) is 1.37. The Labute approximate surface area is 169 Å². The van der Waals surface area contributed by atoms with Crippen LogP contribution < -0.4 is 10.1 Å². The third kappa shape index (κ3) is 5.00. The van der Waals surface area contributed by atoms with Crippen LogP contribution in [0.5, 0.6) is 5.75 Å². The second-order valence-corrected chi connectivity index (χ2v) is 6.49. The Bertz CT molecular complexity index is 1060. The van der Waals surface area contributed by atoms with E-state index in [1.807, 2.05) is 0 Å². The van der Waals surface area contributed by atoms with E-state index in [4.69, 9.17) is 21.4 Å². The average molecular weight is 422 g/mol. The molecule has 0 aliphatic heterocycles. The standard InChI is InChI=1S/C21H15ClF3NO3/c22-16-5-4-13(12-2-1-3-15(23)9-12)8-14(16)10-26-21-17(24)6-7-18(20(21)25)29-11-19(27)28/h1-9,26H,10-11H2,(H,27,28). The van der Waals surface area contributed by atoms with E-state index in [1.165, 1.54) is 12.1 Å². The highest BCUT2D eigenvalue weighted by Crippen LogP contribution is 2.30. The van der Waals surface area contributed by atoms with Gasteiger partial charge < -0.3 is 15.2 Å². The van der Waals surface area contributed by atoms with Crippen LogP contribution in [0.1, 0.15) is 5.56 Å². The molecule has 150 valence electrons. The minimum absolute atomic E-state index is 0.0296. The molecule has 0 unspecified atom stereocenters. The topological polar surface area (TPSA) is 58.6 Å². The van der Waals surface area contributed by atoms with Gasteiger partial charge in [0.15, 0.2) is 18.2 Å². The van der Waals surface area contributed by atoms with Gasteiger partial charge in [0.25, 0.3) is 0 Å². The van der Waals surface area contributed by atoms with Gasteiger partial charge in [-0.05, 0) is 53.1 Å². The van der Waals surface area contributed by atoms with Crippen molar-refractivity contribution in [1.82, 2.24) is 0 Å². The summed E-state index contributed by atoms with van der Waals surface area (Å²) in [7, 11) is 0. The van der Waals surface area contributed by atoms with Crippen molar-refractivity contribution in [3.63, 3.8) is 0 Å². The van der Waals surface area contributed by atoms with Crippen LogP contribution in [0.25, 0.3) is 11.1 Å². The molecule has 0 radical (unpaired) electrons. The summed E-state index contributed by atoms with van der Waals surface area (Å²) in [4.78, 5) is 10.6. The minimum Gasteiger partial charge on any atom is -0.479 e. The zero-order chi connectivity index (χ0) is 21.0. The number of anilines is 1. The summed E-state index contributed by atoms with van der Waals surface area (Å²) in [6.07, 6.45) is 0. The van der Waals surface area contributed by atoms with Crippen LogP contribution in [0, 0.1) is 17.5 Å². The third-order valence-electron chi connectivity index (χ3n) is 4.07. The van der Waals surface area contributed by atoms with Crippen molar-refractivity contribution in [1.29, 1.82) is 0 Å². The van der Waals surface area contributed by atoms with Crippen LogP contribution in [0.2, 0.25) is 5.02 Å². The predicted octanol–water partition coefficient (Wildman–Crippen LogP) is 5.50. The summed E-state index contributed by atoms with van der Waals surface area (Å²) in [6.45, 7) is -0.790. The first-order valence-corrected chi connectivity index (χ1v) is 8.84. The second kappa shape index (κ2) is 8.87. The Hall–Kier alpha value is -3.19. The maximum atomic E-state index is 14.5. The van der Waals surface area contributed by atoms with Gasteiger partial charge in [-0.3, -0.25) is 0 Å². The molecule has 0 saturated carbocycles. The number of rotatable bonds is 7. The zero-order valence-corrected chi connectivity index (χ0v) is 15.6. The van der Waals surface area contributed by atoms with E-state index in [-0.39, 0.29) is 12.4 Å². The molecule has 0 fully saturated rings. The van der Waals surface area contributed by atoms with Crippen molar-refractivity contribution in [3.8, 4) is 16.9 Å². The second-order valence-electron chi connectivity index (χ2n) is 6.09. The molecule has 29 heavy (non-hydrogen) atoms. The van der Waals surface area contributed by atoms with Crippen LogP contribution in [-0.2, 0) is 11.3 Å². The summed E-state index contributed by atoms with van der Waals surface area (Å²) >= 11 is 6.19. The molecule has 2 N–H and O–H groups in total. The van der Waals surface area contributed by atoms with Gasteiger partial charge >= 0.3 is 5.97 Å². The molecule has 4 nitrogen and oxygen atoms in total. The summed E-state index contributed by atoms with van der Waals surface area (Å²) in [5.74, 6) is -3.99. The van der Waals surface area contributed by atoms with E-state index in [0.29, 0.717) is 21.7 Å². The average Bonchev–Trinajstić information content (AvgIpc) is 2.68. The number of benzene rings is 3. The van der Waals surface area contributed by atoms with Crippen LogP contribution in [0.3, 0.4) is 0 Å². The molecular weight excluding hydrogens is 407 g/mol. The van der Waals surface area contributed by atoms with Crippen LogP contribution in [0.4, 0.5) is 18.9 Å². The Morgan fingerprint density at radius 1 is 1.03 bits per heavy atom. The number of hydrogen-bond acceptors (Lipinski definition) is 3. The fourth-order valence-electron chi connectivity index (χ4n) is 2.69. The summed E-state index contributed by atoms with van der Waals surface area (Å²) < 4.78 is 46.8. The largest absolute Gasteiger partial charge is 0.479 e. The van der Waals surface area contributed by atoms with E-state index in [2.05, 4.69) is 5.32 Å². The highest BCUT2D eigenvalue weighted by atomic mass is 35.5. The Morgan fingerprint density at radius 2 is 1.79 bits per heavy atom. The molecule has 3 aromatic rings. The number of aliphatic carboxylic acids is 1. The lowest BCUT2D eigenvalue weighted by Crippen LogP contribution is -2.12. The van der Waals surface area contributed by atoms with Crippen molar-refractivity contribution < 1.29 is 27.8 Å². The van der Waals surface area contributed by atoms with E-state index in [9.17, 15) is 18.0 Å². The molecule has 0 amide bonds. The number of carbonyl (C=O) groups is 1. The highest BCUT2D eigenvalue weighted by molar-refractivity contribution is 6.31. The van der Waals surface area contributed by atoms with Gasteiger partial charge in [-0.15, -0.1) is 0 Å². The molecule has 0 atom stereocenters. The lowest BCUT2D eigenvalue weighted by Gasteiger charge is -2.14. The summed E-state index contributed by atoms with van der Waals surface area (Å²) in [6, 6.07) is 13.0. The Morgan fingerprint density at radius 3 is 2.52 bits per heavy atom. The predicted molar refractivity (Wildman–Crippen MR) is 104 cm³/mol. The smallest absolute Gasteiger partial charge is 0.341 e. The number of ether oxygens (including phenoxy) is 1. The van der Waals surface area contributed by atoms with Gasteiger partial charge in [0.1, 0.15) is 17.3 Å². The van der Waals surface area contributed by atoms with Gasteiger partial charge in [0, 0.05) is 11.6 Å². The normalized spacial score (nSPS) is 10.6. The van der Waals surface area contributed by atoms with Crippen molar-refractivity contribution in [2.45, 2.75) is 6.54 Å². The highest BCUT2D eigenvalue weighted by Gasteiger charge is 2.16. The molecule has 8 heteroatoms. The van der Waals surface area contributed by atoms with Gasteiger partial charge in [-0.25, -0.2) is 18.0 Å². The van der Waals surface area contributed by atoms with Crippen molar-refractivity contribution in [2.24, 2.45) is 0 Å². The molecular formula is C21H15ClF3NO3. The lowest BCUT2D eigenvalue weighted by atomic mass is 10.0. The maximum absolute atomic E-state index is 14.5. The van der Waals surface area contributed by atoms with Gasteiger partial charge in [-0.1, -0.05) is 29.8 Å². The van der Waals surface area contributed by atoms with Gasteiger partial charge in [0.2, 0.25) is 0 Å². The Balaban J connectivity index is 1.83. The monoisotopic (exact) mass is 421 g/mol. The molecule has 0 spiro atoms. The van der Waals surface area contributed by atoms with Crippen molar-refractivity contribution in [2.75, 3.05) is 11.9 Å². The van der Waals surface area contributed by atoms with E-state index < -0.39 is 35.6 Å². The van der Waals surface area contributed by atoms with Crippen LogP contribution in [0.15, 0.2) is 54.6 Å². The first kappa shape index (κ1) is 20.5. The van der Waals surface area contributed by atoms with Crippen LogP contribution >= 0.6 is 11.6 Å². The molecule has 0 bridgehead atoms. The molecule has 0 aliphatic carbocycles. The number of carboxylic acids is 1. The first-order chi connectivity index (χ1) is 13.8. The number of nitrogens with one attached hydrogen (secondary N) is 1. The van der Waals surface area contributed by atoms with Gasteiger partial charge in [0.05, 0.1) is 0 Å². The molecule has 0 heterocycles. The van der Waals surface area contributed by atoms with Crippen molar-refractivity contribution >= 4 is 23.3 Å². The number of hydrogen-bond donors (Lipinski definition) is 2. The fraction of sp³-hybridized carbons (Fsp3) is 0.0952. The third-order valence-corrected chi connectivity index (χ3v) is 4.43. The summed E-state index contributed by atoms with van der Waals surface area (Å²) in [5, 5.41) is 11.6. The first-order valence-electron chi connectivity index (χ1n) is 8.46.